The first-order valence-corrected chi connectivity index (χ1v) is 6.07. The Kier molecular flexibility index (Phi) is 14.0. The van der Waals surface area contributed by atoms with Gasteiger partial charge in [0, 0.05) is 5.75 Å². The Hall–Kier alpha value is 1.96. The fourth-order valence-electron chi connectivity index (χ4n) is 1.06. The largest absolute Gasteiger partial charge is 1.00 e. The van der Waals surface area contributed by atoms with Gasteiger partial charge in [0.2, 0.25) is 0 Å². The first kappa shape index (κ1) is 17.4. The molecule has 0 N–H and O–H groups in total. The van der Waals surface area contributed by atoms with Crippen molar-refractivity contribution in [1.82, 2.24) is 0 Å². The van der Waals surface area contributed by atoms with Crippen LogP contribution >= 0.6 is 0 Å². The minimum atomic E-state index is -3.97. The fourth-order valence-corrected chi connectivity index (χ4v) is 1.62. The molecule has 0 aromatic rings. The van der Waals surface area contributed by atoms with Crippen molar-refractivity contribution in [3.05, 3.63) is 0 Å². The van der Waals surface area contributed by atoms with Crippen LogP contribution in [0.3, 0.4) is 0 Å². The molecule has 0 heterocycles. The molecule has 0 bridgehead atoms. The van der Waals surface area contributed by atoms with E-state index in [0.29, 0.717) is 6.42 Å². The molecule has 74 valence electrons. The Bertz CT molecular complexity index is 190. The average Bonchev–Trinajstić information content (AvgIpc) is 1.94. The van der Waals surface area contributed by atoms with Gasteiger partial charge in [-0.3, -0.25) is 0 Å². The predicted molar refractivity (Wildman–Crippen MR) is 47.9 cm³/mol. The van der Waals surface area contributed by atoms with Gasteiger partial charge in [0.05, 0.1) is 10.1 Å². The van der Waals surface area contributed by atoms with Gasteiger partial charge in [-0.05, 0) is 6.42 Å². The van der Waals surface area contributed by atoms with Gasteiger partial charge in [0.25, 0.3) is 0 Å². The third-order valence-electron chi connectivity index (χ3n) is 1.75. The number of rotatable bonds is 7. The van der Waals surface area contributed by atoms with Crippen LogP contribution in [0.15, 0.2) is 0 Å². The first-order chi connectivity index (χ1) is 5.56. The molecule has 0 amide bonds. The molecular formula is C8H17CsO3S. The Labute approximate surface area is 140 Å². The van der Waals surface area contributed by atoms with Crippen molar-refractivity contribution in [2.24, 2.45) is 0 Å². The summed E-state index contributed by atoms with van der Waals surface area (Å²) in [6.07, 6.45) is 5.96. The molecule has 0 unspecified atom stereocenters. The third kappa shape index (κ3) is 16.6. The zero-order valence-electron chi connectivity index (χ0n) is 8.58. The molecule has 0 aromatic heterocycles. The van der Waals surface area contributed by atoms with E-state index in [1.807, 2.05) is 0 Å². The molecule has 0 saturated heterocycles. The molecule has 0 saturated carbocycles. The van der Waals surface area contributed by atoms with E-state index in [9.17, 15) is 13.0 Å². The maximum Gasteiger partial charge on any atom is 1.00 e. The van der Waals surface area contributed by atoms with Crippen molar-refractivity contribution in [2.75, 3.05) is 5.75 Å². The quantitative estimate of drug-likeness (QED) is 0.441. The van der Waals surface area contributed by atoms with Crippen LogP contribution in [0.4, 0.5) is 0 Å². The van der Waals surface area contributed by atoms with Gasteiger partial charge in [-0.2, -0.15) is 0 Å². The van der Waals surface area contributed by atoms with Crippen LogP contribution in [0.1, 0.15) is 45.4 Å². The van der Waals surface area contributed by atoms with Gasteiger partial charge >= 0.3 is 68.9 Å². The SMILES string of the molecule is CCCCCCCCS(=O)(=O)[O-].[Cs+]. The van der Waals surface area contributed by atoms with Crippen LogP contribution in [-0.2, 0) is 10.1 Å². The maximum absolute atomic E-state index is 10.2. The zero-order valence-corrected chi connectivity index (χ0v) is 15.7. The topological polar surface area (TPSA) is 57.2 Å². The van der Waals surface area contributed by atoms with Gasteiger partial charge in [0.15, 0.2) is 0 Å². The molecule has 0 spiro atoms. The maximum atomic E-state index is 10.2. The smallest absolute Gasteiger partial charge is 0.748 e. The van der Waals surface area contributed by atoms with Crippen LogP contribution in [0, 0.1) is 0 Å². The van der Waals surface area contributed by atoms with Crippen LogP contribution in [0.2, 0.25) is 0 Å². The van der Waals surface area contributed by atoms with E-state index in [-0.39, 0.29) is 74.6 Å². The summed E-state index contributed by atoms with van der Waals surface area (Å²) in [4.78, 5) is 0. The summed E-state index contributed by atoms with van der Waals surface area (Å²) in [6.45, 7) is 2.13. The molecule has 0 aromatic carbocycles. The summed E-state index contributed by atoms with van der Waals surface area (Å²) in [5.74, 6) is -0.195. The standard InChI is InChI=1S/C8H18O3S.Cs/c1-2-3-4-5-6-7-8-12(9,10)11;/h2-8H2,1H3,(H,9,10,11);/q;+1/p-1. The van der Waals surface area contributed by atoms with Crippen LogP contribution in [-0.4, -0.2) is 18.7 Å². The number of hydrogen-bond donors (Lipinski definition) is 0. The fraction of sp³-hybridized carbons (Fsp3) is 1.00. The van der Waals surface area contributed by atoms with Gasteiger partial charge < -0.3 is 4.55 Å². The summed E-state index contributed by atoms with van der Waals surface area (Å²) in [5.41, 5.74) is 0. The first-order valence-electron chi connectivity index (χ1n) is 4.50. The molecule has 0 aliphatic rings. The monoisotopic (exact) mass is 326 g/mol. The normalized spacial score (nSPS) is 10.9. The van der Waals surface area contributed by atoms with Gasteiger partial charge in [0.1, 0.15) is 0 Å². The molecule has 0 radical (unpaired) electrons. The number of hydrogen-bond acceptors (Lipinski definition) is 3. The van der Waals surface area contributed by atoms with Crippen LogP contribution in [0.25, 0.3) is 0 Å². The van der Waals surface area contributed by atoms with E-state index in [0.717, 1.165) is 19.3 Å². The molecular weight excluding hydrogens is 309 g/mol. The molecule has 3 nitrogen and oxygen atoms in total. The van der Waals surface area contributed by atoms with E-state index in [4.69, 9.17) is 0 Å². The summed E-state index contributed by atoms with van der Waals surface area (Å²) >= 11 is 0. The summed E-state index contributed by atoms with van der Waals surface area (Å²) in [5, 5.41) is 0. The Morgan fingerprint density at radius 3 is 1.92 bits per heavy atom. The van der Waals surface area contributed by atoms with E-state index in [1.165, 1.54) is 12.8 Å². The molecule has 0 aliphatic carbocycles. The summed E-state index contributed by atoms with van der Waals surface area (Å²) < 4.78 is 30.5. The minimum absolute atomic E-state index is 0. The van der Waals surface area contributed by atoms with E-state index < -0.39 is 10.1 Å². The third-order valence-corrected chi connectivity index (χ3v) is 2.54. The van der Waals surface area contributed by atoms with Crippen molar-refractivity contribution in [1.29, 1.82) is 0 Å². The second-order valence-corrected chi connectivity index (χ2v) is 4.55. The zero-order chi connectivity index (χ0) is 9.45. The van der Waals surface area contributed by atoms with E-state index in [1.54, 1.807) is 0 Å². The van der Waals surface area contributed by atoms with Crippen molar-refractivity contribution < 1.29 is 81.9 Å². The van der Waals surface area contributed by atoms with Crippen molar-refractivity contribution in [2.45, 2.75) is 45.4 Å². The van der Waals surface area contributed by atoms with Crippen molar-refractivity contribution in [3.63, 3.8) is 0 Å². The minimum Gasteiger partial charge on any atom is -0.748 e. The number of unbranched alkanes of at least 4 members (excludes halogenated alkanes) is 5. The molecule has 0 rings (SSSR count). The van der Waals surface area contributed by atoms with Gasteiger partial charge in [-0.25, -0.2) is 8.42 Å². The average molecular weight is 326 g/mol. The van der Waals surface area contributed by atoms with Crippen LogP contribution in [0.5, 0.6) is 0 Å². The second kappa shape index (κ2) is 10.5. The second-order valence-electron chi connectivity index (χ2n) is 3.03. The molecule has 0 aliphatic heterocycles. The van der Waals surface area contributed by atoms with Gasteiger partial charge in [-0.1, -0.05) is 39.0 Å². The molecule has 5 heteroatoms. The molecule has 0 fully saturated rings. The van der Waals surface area contributed by atoms with Gasteiger partial charge in [-0.15, -0.1) is 0 Å². The molecule has 0 atom stereocenters. The van der Waals surface area contributed by atoms with Crippen molar-refractivity contribution in [3.8, 4) is 0 Å². The summed E-state index contributed by atoms with van der Waals surface area (Å²) in [6, 6.07) is 0. The Morgan fingerprint density at radius 2 is 1.46 bits per heavy atom. The van der Waals surface area contributed by atoms with Crippen LogP contribution < -0.4 is 68.9 Å². The molecule has 13 heavy (non-hydrogen) atoms. The summed E-state index contributed by atoms with van der Waals surface area (Å²) in [7, 11) is -3.97. The Balaban J connectivity index is 0. The Morgan fingerprint density at radius 1 is 1.00 bits per heavy atom. The van der Waals surface area contributed by atoms with E-state index >= 15 is 0 Å². The van der Waals surface area contributed by atoms with Crippen molar-refractivity contribution >= 4 is 10.1 Å². The van der Waals surface area contributed by atoms with E-state index in [2.05, 4.69) is 6.92 Å². The predicted octanol–water partition coefficient (Wildman–Crippen LogP) is -1.10.